The number of Topliss-reactive ketones (excluding diaryl/α,β-unsaturated/α-hetero) is 1. The van der Waals surface area contributed by atoms with Crippen LogP contribution in [0.1, 0.15) is 33.4 Å². The molecule has 1 aromatic heterocycles. The van der Waals surface area contributed by atoms with E-state index in [-0.39, 0.29) is 5.78 Å². The quantitative estimate of drug-likeness (QED) is 0.606. The number of carbonyl (C=O) groups excluding carboxylic acids is 1. The van der Waals surface area contributed by atoms with E-state index in [2.05, 4.69) is 47.9 Å². The van der Waals surface area contributed by atoms with Gasteiger partial charge in [0.05, 0.1) is 10.6 Å². The molecule has 3 rings (SSSR count). The minimum Gasteiger partial charge on any atom is -0.320 e. The van der Waals surface area contributed by atoms with Crippen molar-refractivity contribution in [3.05, 3.63) is 81.1 Å². The second kappa shape index (κ2) is 7.62. The van der Waals surface area contributed by atoms with Crippen LogP contribution in [0.25, 0.3) is 0 Å². The van der Waals surface area contributed by atoms with Crippen molar-refractivity contribution in [1.82, 2.24) is 4.57 Å². The van der Waals surface area contributed by atoms with Crippen LogP contribution in [0.15, 0.2) is 59.6 Å². The van der Waals surface area contributed by atoms with E-state index in [1.807, 2.05) is 25.1 Å². The Morgan fingerprint density at radius 2 is 1.84 bits per heavy atom. The Bertz CT molecular complexity index is 952. The lowest BCUT2D eigenvalue weighted by atomic mass is 10.1. The molecule has 0 atom stereocenters. The fraction of sp³-hybridized carbons (Fsp3) is 0.238. The number of aromatic nitrogens is 1. The topological polar surface area (TPSA) is 34.4 Å². The highest BCUT2D eigenvalue weighted by molar-refractivity contribution is 7.11. The predicted octanol–water partition coefficient (Wildman–Crippen LogP) is 4.84. The fourth-order valence-corrected chi connectivity index (χ4v) is 3.93. The van der Waals surface area contributed by atoms with Crippen LogP contribution in [0.5, 0.6) is 0 Å². The number of benzene rings is 2. The normalized spacial score (nSPS) is 11.7. The molecule has 0 aliphatic heterocycles. The van der Waals surface area contributed by atoms with Gasteiger partial charge in [-0.2, -0.15) is 0 Å². The van der Waals surface area contributed by atoms with Crippen molar-refractivity contribution in [3.8, 4) is 0 Å². The summed E-state index contributed by atoms with van der Waals surface area (Å²) in [5.74, 6) is 0.0988. The maximum atomic E-state index is 12.0. The summed E-state index contributed by atoms with van der Waals surface area (Å²) in [6.45, 7) is 6.50. The van der Waals surface area contributed by atoms with Crippen LogP contribution >= 0.6 is 11.3 Å². The van der Waals surface area contributed by atoms with Gasteiger partial charge in [-0.05, 0) is 43.5 Å². The van der Waals surface area contributed by atoms with Gasteiger partial charge in [-0.25, -0.2) is 4.99 Å². The first-order chi connectivity index (χ1) is 12.0. The third kappa shape index (κ3) is 4.15. The molecule has 0 unspecified atom stereocenters. The molecule has 25 heavy (non-hydrogen) atoms. The summed E-state index contributed by atoms with van der Waals surface area (Å²) in [5.41, 5.74) is 4.38. The van der Waals surface area contributed by atoms with Gasteiger partial charge in [0.1, 0.15) is 0 Å². The van der Waals surface area contributed by atoms with E-state index in [1.165, 1.54) is 22.5 Å². The van der Waals surface area contributed by atoms with E-state index in [4.69, 9.17) is 4.99 Å². The van der Waals surface area contributed by atoms with Crippen molar-refractivity contribution in [3.63, 3.8) is 0 Å². The molecule has 3 nitrogen and oxygen atoms in total. The molecule has 0 spiro atoms. The molecule has 0 aliphatic rings. The lowest BCUT2D eigenvalue weighted by molar-refractivity contribution is 0.102. The van der Waals surface area contributed by atoms with Gasteiger partial charge in [0.2, 0.25) is 0 Å². The summed E-state index contributed by atoms with van der Waals surface area (Å²) in [6, 6.07) is 18.5. The lowest BCUT2D eigenvalue weighted by Crippen LogP contribution is -2.17. The van der Waals surface area contributed by atoms with Crippen LogP contribution in [0.4, 0.5) is 5.69 Å². The highest BCUT2D eigenvalue weighted by atomic mass is 32.1. The van der Waals surface area contributed by atoms with Crippen molar-refractivity contribution in [1.29, 1.82) is 0 Å². The number of nitrogens with zero attached hydrogens (tertiary/aromatic N) is 2. The van der Waals surface area contributed by atoms with Gasteiger partial charge in [0.25, 0.3) is 0 Å². The molecule has 0 saturated heterocycles. The van der Waals surface area contributed by atoms with Crippen LogP contribution in [-0.2, 0) is 13.0 Å². The van der Waals surface area contributed by atoms with E-state index in [0.717, 1.165) is 34.0 Å². The zero-order valence-electron chi connectivity index (χ0n) is 14.8. The Balaban J connectivity index is 2.01. The first-order valence-corrected chi connectivity index (χ1v) is 9.23. The molecular formula is C21H22N2OS. The minimum absolute atomic E-state index is 0.0988. The summed E-state index contributed by atoms with van der Waals surface area (Å²) >= 11 is 1.48. The fourth-order valence-electron chi connectivity index (χ4n) is 2.85. The summed E-state index contributed by atoms with van der Waals surface area (Å²) < 4.78 is 2.16. The molecule has 2 aromatic carbocycles. The molecule has 0 bridgehead atoms. The molecule has 3 aromatic rings. The molecule has 4 heteroatoms. The zero-order chi connectivity index (χ0) is 17.8. The molecule has 0 radical (unpaired) electrons. The van der Waals surface area contributed by atoms with E-state index in [0.29, 0.717) is 0 Å². The Labute approximate surface area is 152 Å². The Hall–Kier alpha value is -2.46. The third-order valence-electron chi connectivity index (χ3n) is 4.17. The SMILES string of the molecule is CC(=O)c1sc(=Nc2cccc(C)c2)n(CCc2ccccc2)c1C. The van der Waals surface area contributed by atoms with Crippen molar-refractivity contribution < 1.29 is 4.79 Å². The number of rotatable bonds is 5. The van der Waals surface area contributed by atoms with Crippen molar-refractivity contribution >= 4 is 22.8 Å². The van der Waals surface area contributed by atoms with Gasteiger partial charge >= 0.3 is 0 Å². The average molecular weight is 350 g/mol. The van der Waals surface area contributed by atoms with Crippen molar-refractivity contribution in [2.75, 3.05) is 0 Å². The predicted molar refractivity (Wildman–Crippen MR) is 104 cm³/mol. The first-order valence-electron chi connectivity index (χ1n) is 8.41. The maximum Gasteiger partial charge on any atom is 0.190 e. The third-order valence-corrected chi connectivity index (χ3v) is 5.45. The minimum atomic E-state index is 0.0988. The average Bonchev–Trinajstić information content (AvgIpc) is 2.90. The van der Waals surface area contributed by atoms with Crippen LogP contribution in [0, 0.1) is 13.8 Å². The standard InChI is InChI=1S/C21H22N2OS/c1-15-8-7-11-19(14-15)22-21-23(16(2)20(25-21)17(3)24)13-12-18-9-5-4-6-10-18/h4-11,14H,12-13H2,1-3H3. The number of ketones is 1. The molecule has 0 fully saturated rings. The lowest BCUT2D eigenvalue weighted by Gasteiger charge is -2.07. The highest BCUT2D eigenvalue weighted by Gasteiger charge is 2.13. The second-order valence-corrected chi connectivity index (χ2v) is 7.17. The van der Waals surface area contributed by atoms with Gasteiger partial charge in [0.15, 0.2) is 10.6 Å². The monoisotopic (exact) mass is 350 g/mol. The van der Waals surface area contributed by atoms with Crippen LogP contribution in [0.2, 0.25) is 0 Å². The van der Waals surface area contributed by atoms with Gasteiger partial charge in [0, 0.05) is 19.2 Å². The summed E-state index contributed by atoms with van der Waals surface area (Å²) in [5, 5.41) is 0. The van der Waals surface area contributed by atoms with E-state index in [1.54, 1.807) is 6.92 Å². The number of hydrogen-bond acceptors (Lipinski definition) is 3. The van der Waals surface area contributed by atoms with Gasteiger partial charge < -0.3 is 4.57 Å². The molecular weight excluding hydrogens is 328 g/mol. The molecule has 0 aliphatic carbocycles. The first kappa shape index (κ1) is 17.4. The van der Waals surface area contributed by atoms with E-state index in [9.17, 15) is 4.79 Å². The van der Waals surface area contributed by atoms with E-state index < -0.39 is 0 Å². The largest absolute Gasteiger partial charge is 0.320 e. The smallest absolute Gasteiger partial charge is 0.190 e. The zero-order valence-corrected chi connectivity index (χ0v) is 15.6. The summed E-state index contributed by atoms with van der Waals surface area (Å²) in [4.78, 5) is 18.4. The molecule has 0 amide bonds. The Morgan fingerprint density at radius 1 is 1.08 bits per heavy atom. The second-order valence-electron chi connectivity index (χ2n) is 6.19. The van der Waals surface area contributed by atoms with Crippen molar-refractivity contribution in [2.45, 2.75) is 33.7 Å². The van der Waals surface area contributed by atoms with Crippen LogP contribution < -0.4 is 4.80 Å². The number of carbonyl (C=O) groups is 1. The molecule has 1 heterocycles. The molecule has 128 valence electrons. The highest BCUT2D eigenvalue weighted by Crippen LogP contribution is 2.17. The number of thiazole rings is 1. The van der Waals surface area contributed by atoms with Crippen LogP contribution in [-0.4, -0.2) is 10.4 Å². The Morgan fingerprint density at radius 3 is 2.52 bits per heavy atom. The summed E-state index contributed by atoms with van der Waals surface area (Å²) in [7, 11) is 0. The number of aryl methyl sites for hydroxylation is 2. The molecule has 0 N–H and O–H groups in total. The van der Waals surface area contributed by atoms with E-state index >= 15 is 0 Å². The Kier molecular flexibility index (Phi) is 5.29. The van der Waals surface area contributed by atoms with Gasteiger partial charge in [-0.3, -0.25) is 4.79 Å². The maximum absolute atomic E-state index is 12.0. The van der Waals surface area contributed by atoms with Crippen LogP contribution in [0.3, 0.4) is 0 Å². The molecule has 0 saturated carbocycles. The number of hydrogen-bond donors (Lipinski definition) is 0. The van der Waals surface area contributed by atoms with Crippen molar-refractivity contribution in [2.24, 2.45) is 4.99 Å². The van der Waals surface area contributed by atoms with Gasteiger partial charge in [-0.1, -0.05) is 53.8 Å². The summed E-state index contributed by atoms with van der Waals surface area (Å²) in [6.07, 6.45) is 0.913. The van der Waals surface area contributed by atoms with Gasteiger partial charge in [-0.15, -0.1) is 0 Å².